The van der Waals surface area contributed by atoms with E-state index < -0.39 is 30.3 Å². The van der Waals surface area contributed by atoms with Gasteiger partial charge in [-0.25, -0.2) is 9.69 Å². The van der Waals surface area contributed by atoms with Crippen LogP contribution >= 0.6 is 0 Å². The van der Waals surface area contributed by atoms with E-state index in [4.69, 9.17) is 4.74 Å². The van der Waals surface area contributed by atoms with Crippen LogP contribution < -0.4 is 10.1 Å². The Morgan fingerprint density at radius 3 is 2.28 bits per heavy atom. The number of imide groups is 2. The summed E-state index contributed by atoms with van der Waals surface area (Å²) in [5.74, 6) is -0.929. The lowest BCUT2D eigenvalue weighted by molar-refractivity contribution is -0.145. The smallest absolute Gasteiger partial charge is 0.334 e. The Morgan fingerprint density at radius 2 is 1.59 bits per heavy atom. The molecular formula is C24H25N3O5. The van der Waals surface area contributed by atoms with Crippen molar-refractivity contribution in [2.45, 2.75) is 38.6 Å². The molecule has 8 nitrogen and oxygen atoms in total. The average molecular weight is 435 g/mol. The fraction of sp³-hybridized carbons (Fsp3) is 0.333. The van der Waals surface area contributed by atoms with E-state index in [1.807, 2.05) is 37.3 Å². The second-order valence-corrected chi connectivity index (χ2v) is 8.17. The number of benzene rings is 2. The van der Waals surface area contributed by atoms with Crippen LogP contribution in [0.5, 0.6) is 11.5 Å². The van der Waals surface area contributed by atoms with E-state index in [9.17, 15) is 19.2 Å². The molecule has 1 saturated carbocycles. The van der Waals surface area contributed by atoms with Gasteiger partial charge in [-0.3, -0.25) is 19.3 Å². The quantitative estimate of drug-likeness (QED) is 0.550. The highest BCUT2D eigenvalue weighted by atomic mass is 16.5. The van der Waals surface area contributed by atoms with E-state index in [1.165, 1.54) is 0 Å². The van der Waals surface area contributed by atoms with Gasteiger partial charge >= 0.3 is 17.8 Å². The Balaban J connectivity index is 1.36. The molecule has 0 radical (unpaired) electrons. The van der Waals surface area contributed by atoms with E-state index in [-0.39, 0.29) is 12.0 Å². The SMILES string of the molecule is C[C@H]1CCCC[C@@H]1N1C(=O)C(=O)N(CC(=O)Nc2ccc(Oc3ccccc3)cc2)C1=O. The predicted octanol–water partition coefficient (Wildman–Crippen LogP) is 3.79. The van der Waals surface area contributed by atoms with Crippen LogP contribution in [0, 0.1) is 5.92 Å². The standard InChI is InChI=1S/C24H25N3O5/c1-16-7-5-6-10-20(16)27-23(30)22(29)26(24(27)31)15-21(28)25-17-11-13-19(14-12-17)32-18-8-3-2-4-9-18/h2-4,8-9,11-14,16,20H,5-7,10,15H2,1H3,(H,25,28)/t16-,20-/m0/s1. The van der Waals surface area contributed by atoms with Crippen molar-refractivity contribution in [1.29, 1.82) is 0 Å². The summed E-state index contributed by atoms with van der Waals surface area (Å²) in [5, 5.41) is 2.65. The Labute approximate surface area is 186 Å². The van der Waals surface area contributed by atoms with Crippen molar-refractivity contribution >= 4 is 29.4 Å². The van der Waals surface area contributed by atoms with Crippen LogP contribution in [-0.2, 0) is 14.4 Å². The normalized spacial score (nSPS) is 21.1. The molecule has 2 aromatic rings. The summed E-state index contributed by atoms with van der Waals surface area (Å²) in [6.07, 6.45) is 3.54. The Kier molecular flexibility index (Phi) is 6.20. The fourth-order valence-electron chi connectivity index (χ4n) is 4.21. The molecule has 2 aliphatic rings. The van der Waals surface area contributed by atoms with Gasteiger partial charge in [-0.1, -0.05) is 38.0 Å². The Morgan fingerprint density at radius 1 is 0.938 bits per heavy atom. The first-order chi connectivity index (χ1) is 15.4. The van der Waals surface area contributed by atoms with Crippen LogP contribution in [0.4, 0.5) is 10.5 Å². The molecule has 0 aromatic heterocycles. The highest BCUT2D eigenvalue weighted by Crippen LogP contribution is 2.31. The predicted molar refractivity (Wildman–Crippen MR) is 117 cm³/mol. The van der Waals surface area contributed by atoms with Crippen molar-refractivity contribution < 1.29 is 23.9 Å². The minimum absolute atomic E-state index is 0.134. The summed E-state index contributed by atoms with van der Waals surface area (Å²) in [6.45, 7) is 1.47. The molecule has 1 aliphatic carbocycles. The molecule has 5 amide bonds. The second kappa shape index (κ2) is 9.21. The molecule has 32 heavy (non-hydrogen) atoms. The molecule has 1 heterocycles. The zero-order valence-corrected chi connectivity index (χ0v) is 17.8. The van der Waals surface area contributed by atoms with E-state index in [0.29, 0.717) is 23.6 Å². The van der Waals surface area contributed by atoms with Crippen LogP contribution in [0.25, 0.3) is 0 Å². The number of ether oxygens (including phenoxy) is 1. The van der Waals surface area contributed by atoms with Gasteiger partial charge < -0.3 is 10.1 Å². The first-order valence-corrected chi connectivity index (χ1v) is 10.8. The third-order valence-corrected chi connectivity index (χ3v) is 5.90. The van der Waals surface area contributed by atoms with Crippen LogP contribution in [0.2, 0.25) is 0 Å². The number of nitrogens with one attached hydrogen (secondary N) is 1. The number of hydrogen-bond acceptors (Lipinski definition) is 5. The van der Waals surface area contributed by atoms with Crippen LogP contribution in [0.15, 0.2) is 54.6 Å². The highest BCUT2D eigenvalue weighted by molar-refractivity contribution is 6.45. The van der Waals surface area contributed by atoms with Gasteiger partial charge in [-0.2, -0.15) is 0 Å². The van der Waals surface area contributed by atoms with Gasteiger partial charge in [0.1, 0.15) is 18.0 Å². The molecule has 4 rings (SSSR count). The number of carbonyl (C=O) groups is 4. The molecule has 0 bridgehead atoms. The van der Waals surface area contributed by atoms with E-state index in [1.54, 1.807) is 24.3 Å². The van der Waals surface area contributed by atoms with Crippen molar-refractivity contribution in [2.75, 3.05) is 11.9 Å². The summed E-state index contributed by atoms with van der Waals surface area (Å²) < 4.78 is 5.71. The monoisotopic (exact) mass is 435 g/mol. The molecule has 8 heteroatoms. The van der Waals surface area contributed by atoms with Crippen LogP contribution in [0.3, 0.4) is 0 Å². The molecular weight excluding hydrogens is 410 g/mol. The molecule has 2 fully saturated rings. The number of nitrogens with zero attached hydrogens (tertiary/aromatic N) is 2. The number of hydrogen-bond donors (Lipinski definition) is 1. The summed E-state index contributed by atoms with van der Waals surface area (Å²) in [7, 11) is 0. The van der Waals surface area contributed by atoms with Crippen molar-refractivity contribution in [3.8, 4) is 11.5 Å². The average Bonchev–Trinajstić information content (AvgIpc) is 2.99. The van der Waals surface area contributed by atoms with Gasteiger partial charge in [0.2, 0.25) is 5.91 Å². The van der Waals surface area contributed by atoms with Crippen molar-refractivity contribution in [2.24, 2.45) is 5.92 Å². The van der Waals surface area contributed by atoms with Gasteiger partial charge in [-0.05, 0) is 55.2 Å². The van der Waals surface area contributed by atoms with Gasteiger partial charge in [0, 0.05) is 11.7 Å². The lowest BCUT2D eigenvalue weighted by atomic mass is 9.85. The lowest BCUT2D eigenvalue weighted by Gasteiger charge is -2.34. The maximum atomic E-state index is 12.8. The maximum absolute atomic E-state index is 12.8. The third kappa shape index (κ3) is 4.49. The molecule has 0 spiro atoms. The lowest BCUT2D eigenvalue weighted by Crippen LogP contribution is -2.46. The van der Waals surface area contributed by atoms with E-state index >= 15 is 0 Å². The minimum atomic E-state index is -0.950. The van der Waals surface area contributed by atoms with Gasteiger partial charge in [-0.15, -0.1) is 0 Å². The molecule has 1 aliphatic heterocycles. The number of rotatable bonds is 6. The van der Waals surface area contributed by atoms with Crippen molar-refractivity contribution in [3.63, 3.8) is 0 Å². The number of para-hydroxylation sites is 1. The first-order valence-electron chi connectivity index (χ1n) is 10.8. The molecule has 2 atom stereocenters. The molecule has 2 aromatic carbocycles. The zero-order valence-electron chi connectivity index (χ0n) is 17.8. The number of anilines is 1. The van der Waals surface area contributed by atoms with E-state index in [0.717, 1.165) is 29.1 Å². The fourth-order valence-corrected chi connectivity index (χ4v) is 4.21. The Bertz CT molecular complexity index is 1020. The van der Waals surface area contributed by atoms with Gasteiger partial charge in [0.15, 0.2) is 0 Å². The minimum Gasteiger partial charge on any atom is -0.457 e. The maximum Gasteiger partial charge on any atom is 0.334 e. The zero-order chi connectivity index (χ0) is 22.7. The van der Waals surface area contributed by atoms with E-state index in [2.05, 4.69) is 5.32 Å². The number of urea groups is 1. The highest BCUT2D eigenvalue weighted by Gasteiger charge is 2.49. The van der Waals surface area contributed by atoms with Gasteiger partial charge in [0.25, 0.3) is 0 Å². The summed E-state index contributed by atoms with van der Waals surface area (Å²) in [5.41, 5.74) is 0.485. The number of amides is 5. The third-order valence-electron chi connectivity index (χ3n) is 5.90. The first kappa shape index (κ1) is 21.5. The number of carbonyl (C=O) groups excluding carboxylic acids is 4. The molecule has 1 saturated heterocycles. The summed E-state index contributed by atoms with van der Waals surface area (Å²) in [6, 6.07) is 15.0. The molecule has 0 unspecified atom stereocenters. The summed E-state index contributed by atoms with van der Waals surface area (Å²) >= 11 is 0. The van der Waals surface area contributed by atoms with Gasteiger partial charge in [0.05, 0.1) is 0 Å². The van der Waals surface area contributed by atoms with Crippen molar-refractivity contribution in [1.82, 2.24) is 9.80 Å². The molecule has 1 N–H and O–H groups in total. The molecule has 166 valence electrons. The topological polar surface area (TPSA) is 96.0 Å². The second-order valence-electron chi connectivity index (χ2n) is 8.17. The van der Waals surface area contributed by atoms with Crippen LogP contribution in [0.1, 0.15) is 32.6 Å². The van der Waals surface area contributed by atoms with Crippen LogP contribution in [-0.4, -0.2) is 46.1 Å². The summed E-state index contributed by atoms with van der Waals surface area (Å²) in [4.78, 5) is 51.9. The Hall–Kier alpha value is -3.68. The largest absolute Gasteiger partial charge is 0.457 e. The van der Waals surface area contributed by atoms with Crippen molar-refractivity contribution in [3.05, 3.63) is 54.6 Å².